The van der Waals surface area contributed by atoms with Crippen LogP contribution in [0.3, 0.4) is 0 Å². The van der Waals surface area contributed by atoms with Gasteiger partial charge in [0.2, 0.25) is 0 Å². The number of rotatable bonds is 2. The summed E-state index contributed by atoms with van der Waals surface area (Å²) in [6.45, 7) is 0. The number of nitriles is 1. The van der Waals surface area contributed by atoms with E-state index < -0.39 is 0 Å². The van der Waals surface area contributed by atoms with Gasteiger partial charge in [-0.25, -0.2) is 0 Å². The van der Waals surface area contributed by atoms with E-state index in [4.69, 9.17) is 0 Å². The maximum absolute atomic E-state index is 9.44. The summed E-state index contributed by atoms with van der Waals surface area (Å²) in [6.07, 6.45) is 5.20. The zero-order valence-corrected chi connectivity index (χ0v) is 11.1. The number of nitrogens with one attached hydrogen (secondary N) is 1. The monoisotopic (exact) mass is 262 g/mol. The minimum absolute atomic E-state index is 0.134. The van der Waals surface area contributed by atoms with Crippen LogP contribution < -0.4 is 10.2 Å². The first-order valence-corrected chi connectivity index (χ1v) is 6.40. The SMILES string of the molecule is CN1c2ccccc2NC1/C(C#N)=C/c1ccncc1. The molecule has 98 valence electrons. The molecule has 0 spiro atoms. The lowest BCUT2D eigenvalue weighted by Gasteiger charge is -2.21. The molecule has 3 rings (SSSR count). The molecule has 0 fully saturated rings. The molecule has 0 bridgehead atoms. The molecule has 1 aromatic carbocycles. The van der Waals surface area contributed by atoms with Crippen LogP contribution in [0.2, 0.25) is 0 Å². The Labute approximate surface area is 118 Å². The highest BCUT2D eigenvalue weighted by Gasteiger charge is 2.28. The van der Waals surface area contributed by atoms with Crippen LogP contribution in [0.25, 0.3) is 6.08 Å². The van der Waals surface area contributed by atoms with Crippen molar-refractivity contribution in [3.63, 3.8) is 0 Å². The molecule has 1 N–H and O–H groups in total. The molecular weight excluding hydrogens is 248 g/mol. The number of aromatic nitrogens is 1. The molecule has 4 heteroatoms. The Morgan fingerprint density at radius 3 is 2.75 bits per heavy atom. The summed E-state index contributed by atoms with van der Waals surface area (Å²) in [4.78, 5) is 6.06. The van der Waals surface area contributed by atoms with Gasteiger partial charge in [0, 0.05) is 19.4 Å². The number of pyridine rings is 1. The lowest BCUT2D eigenvalue weighted by atomic mass is 10.1. The van der Waals surface area contributed by atoms with Crippen LogP contribution in [-0.4, -0.2) is 18.2 Å². The summed E-state index contributed by atoms with van der Waals surface area (Å²) in [6, 6.07) is 14.1. The lowest BCUT2D eigenvalue weighted by molar-refractivity contribution is 0.857. The van der Waals surface area contributed by atoms with Gasteiger partial charge >= 0.3 is 0 Å². The Bertz CT molecular complexity index is 685. The summed E-state index contributed by atoms with van der Waals surface area (Å²) in [5.74, 6) is 0. The van der Waals surface area contributed by atoms with Crippen LogP contribution in [0.4, 0.5) is 11.4 Å². The standard InChI is InChI=1S/C16H14N4/c1-20-15-5-3-2-4-14(15)19-16(20)13(11-17)10-12-6-8-18-9-7-12/h2-10,16,19H,1H3/b13-10+. The number of hydrogen-bond donors (Lipinski definition) is 1. The Morgan fingerprint density at radius 2 is 2.05 bits per heavy atom. The number of para-hydroxylation sites is 2. The van der Waals surface area contributed by atoms with E-state index >= 15 is 0 Å². The quantitative estimate of drug-likeness (QED) is 0.845. The molecule has 2 heterocycles. The molecule has 20 heavy (non-hydrogen) atoms. The van der Waals surface area contributed by atoms with Gasteiger partial charge in [-0.05, 0) is 35.9 Å². The molecule has 1 aliphatic heterocycles. The molecule has 1 atom stereocenters. The largest absolute Gasteiger partial charge is 0.359 e. The molecule has 0 saturated heterocycles. The zero-order valence-electron chi connectivity index (χ0n) is 11.1. The van der Waals surface area contributed by atoms with Gasteiger partial charge in [-0.15, -0.1) is 0 Å². The molecule has 0 aliphatic carbocycles. The van der Waals surface area contributed by atoms with Gasteiger partial charge in [0.15, 0.2) is 0 Å². The van der Waals surface area contributed by atoms with E-state index in [1.807, 2.05) is 49.5 Å². The first-order valence-electron chi connectivity index (χ1n) is 6.40. The van der Waals surface area contributed by atoms with Crippen molar-refractivity contribution in [2.75, 3.05) is 17.3 Å². The summed E-state index contributed by atoms with van der Waals surface area (Å²) in [7, 11) is 1.99. The van der Waals surface area contributed by atoms with Crippen molar-refractivity contribution in [1.29, 1.82) is 5.26 Å². The van der Waals surface area contributed by atoms with Gasteiger partial charge in [-0.2, -0.15) is 5.26 Å². The van der Waals surface area contributed by atoms with E-state index in [-0.39, 0.29) is 6.17 Å². The van der Waals surface area contributed by atoms with E-state index in [1.165, 1.54) is 0 Å². The molecule has 0 saturated carbocycles. The van der Waals surface area contributed by atoms with E-state index in [9.17, 15) is 5.26 Å². The topological polar surface area (TPSA) is 52.0 Å². The fourth-order valence-electron chi connectivity index (χ4n) is 2.38. The maximum Gasteiger partial charge on any atom is 0.135 e. The van der Waals surface area contributed by atoms with Gasteiger partial charge in [-0.3, -0.25) is 4.98 Å². The van der Waals surface area contributed by atoms with Gasteiger partial charge in [0.1, 0.15) is 6.17 Å². The van der Waals surface area contributed by atoms with Gasteiger partial charge in [-0.1, -0.05) is 12.1 Å². The molecular formula is C16H14N4. The number of likely N-dealkylation sites (N-methyl/N-ethyl adjacent to an activating group) is 1. The fraction of sp³-hybridized carbons (Fsp3) is 0.125. The summed E-state index contributed by atoms with van der Waals surface area (Å²) >= 11 is 0. The van der Waals surface area contributed by atoms with Crippen LogP contribution in [-0.2, 0) is 0 Å². The van der Waals surface area contributed by atoms with Crippen LogP contribution in [0.5, 0.6) is 0 Å². The van der Waals surface area contributed by atoms with Crippen LogP contribution in [0, 0.1) is 11.3 Å². The fourth-order valence-corrected chi connectivity index (χ4v) is 2.38. The van der Waals surface area contributed by atoms with Crippen LogP contribution >= 0.6 is 0 Å². The smallest absolute Gasteiger partial charge is 0.135 e. The molecule has 1 aromatic heterocycles. The average molecular weight is 262 g/mol. The predicted molar refractivity (Wildman–Crippen MR) is 80.1 cm³/mol. The highest BCUT2D eigenvalue weighted by Crippen LogP contribution is 2.35. The van der Waals surface area contributed by atoms with Crippen molar-refractivity contribution in [3.8, 4) is 6.07 Å². The van der Waals surface area contributed by atoms with Crippen molar-refractivity contribution >= 4 is 17.5 Å². The van der Waals surface area contributed by atoms with E-state index in [1.54, 1.807) is 12.4 Å². The molecule has 0 amide bonds. The third kappa shape index (κ3) is 2.10. The highest BCUT2D eigenvalue weighted by atomic mass is 15.3. The minimum Gasteiger partial charge on any atom is -0.359 e. The highest BCUT2D eigenvalue weighted by molar-refractivity contribution is 5.79. The van der Waals surface area contributed by atoms with Gasteiger partial charge in [0.05, 0.1) is 23.0 Å². The normalized spacial score (nSPS) is 17.3. The number of fused-ring (bicyclic) bond motifs is 1. The Kier molecular flexibility index (Phi) is 3.10. The van der Waals surface area contributed by atoms with Crippen LogP contribution in [0.1, 0.15) is 5.56 Å². The number of nitrogens with zero attached hydrogens (tertiary/aromatic N) is 3. The predicted octanol–water partition coefficient (Wildman–Crippen LogP) is 2.88. The molecule has 0 radical (unpaired) electrons. The summed E-state index contributed by atoms with van der Waals surface area (Å²) < 4.78 is 0. The Hall–Kier alpha value is -2.80. The van der Waals surface area contributed by atoms with E-state index in [2.05, 4.69) is 21.3 Å². The third-order valence-corrected chi connectivity index (χ3v) is 3.42. The molecule has 1 aliphatic rings. The first kappa shape index (κ1) is 12.2. The second-order valence-electron chi connectivity index (χ2n) is 4.67. The van der Waals surface area contributed by atoms with E-state index in [0.717, 1.165) is 16.9 Å². The number of benzene rings is 1. The van der Waals surface area contributed by atoms with Gasteiger partial charge < -0.3 is 10.2 Å². The summed E-state index contributed by atoms with van der Waals surface area (Å²) in [5.41, 5.74) is 3.81. The Morgan fingerprint density at radius 1 is 1.30 bits per heavy atom. The Balaban J connectivity index is 1.94. The summed E-state index contributed by atoms with van der Waals surface area (Å²) in [5, 5.41) is 12.8. The lowest BCUT2D eigenvalue weighted by Crippen LogP contribution is -2.33. The van der Waals surface area contributed by atoms with Crippen molar-refractivity contribution in [2.45, 2.75) is 6.17 Å². The van der Waals surface area contributed by atoms with Crippen molar-refractivity contribution in [1.82, 2.24) is 4.98 Å². The van der Waals surface area contributed by atoms with Crippen LogP contribution in [0.15, 0.2) is 54.4 Å². The molecule has 1 unspecified atom stereocenters. The van der Waals surface area contributed by atoms with E-state index in [0.29, 0.717) is 5.57 Å². The molecule has 4 nitrogen and oxygen atoms in total. The maximum atomic E-state index is 9.44. The number of anilines is 2. The second-order valence-corrected chi connectivity index (χ2v) is 4.67. The van der Waals surface area contributed by atoms with Crippen molar-refractivity contribution < 1.29 is 0 Å². The minimum atomic E-state index is -0.134. The first-order chi connectivity index (χ1) is 9.79. The van der Waals surface area contributed by atoms with Crippen molar-refractivity contribution in [2.24, 2.45) is 0 Å². The molecule has 2 aromatic rings. The third-order valence-electron chi connectivity index (χ3n) is 3.42. The average Bonchev–Trinajstić information content (AvgIpc) is 2.83. The van der Waals surface area contributed by atoms with Crippen molar-refractivity contribution in [3.05, 3.63) is 59.9 Å². The number of hydrogen-bond acceptors (Lipinski definition) is 4. The van der Waals surface area contributed by atoms with Gasteiger partial charge in [0.25, 0.3) is 0 Å². The zero-order chi connectivity index (χ0) is 13.9. The second kappa shape index (κ2) is 5.06.